The molecule has 1 heterocycles. The maximum atomic E-state index is 12.3. The Morgan fingerprint density at radius 2 is 1.76 bits per heavy atom. The van der Waals surface area contributed by atoms with Crippen molar-refractivity contribution in [1.82, 2.24) is 4.98 Å². The van der Waals surface area contributed by atoms with Gasteiger partial charge in [0, 0.05) is 24.6 Å². The summed E-state index contributed by atoms with van der Waals surface area (Å²) in [7, 11) is 2.03. The molecule has 4 bridgehead atoms. The predicted molar refractivity (Wildman–Crippen MR) is 151 cm³/mol. The molecule has 2 N–H and O–H groups in total. The Morgan fingerprint density at radius 1 is 1.08 bits per heavy atom. The molecule has 0 radical (unpaired) electrons. The van der Waals surface area contributed by atoms with Crippen molar-refractivity contribution in [3.63, 3.8) is 0 Å². The molecule has 0 amide bonds. The third-order valence-electron chi connectivity index (χ3n) is 8.83. The average molecular weight is 532 g/mol. The Hall–Kier alpha value is -3.09. The van der Waals surface area contributed by atoms with E-state index < -0.39 is 5.97 Å². The largest absolute Gasteiger partial charge is 0.460 e. The number of rotatable bonds is 8. The number of hydrogen-bond acceptors (Lipinski definition) is 6. The van der Waals surface area contributed by atoms with Crippen LogP contribution in [0.15, 0.2) is 60.8 Å². The number of benzene rings is 2. The molecule has 7 heteroatoms. The van der Waals surface area contributed by atoms with Gasteiger partial charge in [-0.2, -0.15) is 0 Å². The summed E-state index contributed by atoms with van der Waals surface area (Å²) >= 11 is 6.91. The predicted octanol–water partition coefficient (Wildman–Crippen LogP) is 6.86. The second kappa shape index (κ2) is 10.2. The highest BCUT2D eigenvalue weighted by Gasteiger charge is 2.51. The minimum atomic E-state index is -0.530. The molecule has 2 aromatic carbocycles. The third-order valence-corrected chi connectivity index (χ3v) is 9.13. The van der Waals surface area contributed by atoms with Gasteiger partial charge in [0.15, 0.2) is 0 Å². The van der Waals surface area contributed by atoms with Crippen LogP contribution in [-0.4, -0.2) is 36.3 Å². The molecule has 1 aromatic heterocycles. The van der Waals surface area contributed by atoms with Crippen LogP contribution in [0.3, 0.4) is 0 Å². The van der Waals surface area contributed by atoms with E-state index in [0.717, 1.165) is 39.8 Å². The minimum Gasteiger partial charge on any atom is -0.460 e. The van der Waals surface area contributed by atoms with E-state index in [2.05, 4.69) is 33.4 Å². The molecule has 0 atom stereocenters. The van der Waals surface area contributed by atoms with Gasteiger partial charge in [0.1, 0.15) is 18.0 Å². The SMILES string of the molecule is CN(c1ccc(Nc2ncccc2C(=O)OCCO)cc1)c1ccc(C23CC4CC(CC(C4)C2)C3)cc1Cl. The Balaban J connectivity index is 1.17. The number of aromatic nitrogens is 1. The van der Waals surface area contributed by atoms with Crippen molar-refractivity contribution >= 4 is 40.5 Å². The van der Waals surface area contributed by atoms with Gasteiger partial charge in [0.05, 0.1) is 17.3 Å². The number of pyridine rings is 1. The first kappa shape index (κ1) is 25.2. The highest BCUT2D eigenvalue weighted by Crippen LogP contribution is 2.61. The van der Waals surface area contributed by atoms with Gasteiger partial charge in [-0.15, -0.1) is 0 Å². The van der Waals surface area contributed by atoms with Crippen molar-refractivity contribution in [2.24, 2.45) is 17.8 Å². The number of carbonyl (C=O) groups is 1. The quantitative estimate of drug-likeness (QED) is 0.309. The van der Waals surface area contributed by atoms with E-state index >= 15 is 0 Å². The highest BCUT2D eigenvalue weighted by molar-refractivity contribution is 6.33. The van der Waals surface area contributed by atoms with Gasteiger partial charge < -0.3 is 20.1 Å². The number of carbonyl (C=O) groups excluding carboxylic acids is 1. The smallest absolute Gasteiger partial charge is 0.341 e. The molecule has 7 rings (SSSR count). The number of aliphatic hydroxyl groups is 1. The summed E-state index contributed by atoms with van der Waals surface area (Å²) in [6, 6.07) is 18.0. The van der Waals surface area contributed by atoms with Gasteiger partial charge in [-0.05, 0) is 116 Å². The second-order valence-electron chi connectivity index (χ2n) is 11.4. The number of aliphatic hydroxyl groups excluding tert-OH is 1. The molecule has 0 saturated heterocycles. The molecule has 4 aliphatic rings. The number of esters is 1. The van der Waals surface area contributed by atoms with Crippen LogP contribution in [0, 0.1) is 17.8 Å². The Labute approximate surface area is 229 Å². The molecule has 6 nitrogen and oxygen atoms in total. The maximum absolute atomic E-state index is 12.3. The van der Waals surface area contributed by atoms with Crippen LogP contribution in [0.5, 0.6) is 0 Å². The fourth-order valence-corrected chi connectivity index (χ4v) is 7.81. The fourth-order valence-electron chi connectivity index (χ4n) is 7.50. The van der Waals surface area contributed by atoms with Gasteiger partial charge in [-0.25, -0.2) is 9.78 Å². The van der Waals surface area contributed by atoms with E-state index in [0.29, 0.717) is 16.8 Å². The van der Waals surface area contributed by atoms with E-state index in [1.807, 2.05) is 31.3 Å². The van der Waals surface area contributed by atoms with Gasteiger partial charge in [0.25, 0.3) is 0 Å². The number of anilines is 4. The monoisotopic (exact) mass is 531 g/mol. The third kappa shape index (κ3) is 4.76. The average Bonchev–Trinajstić information content (AvgIpc) is 2.91. The lowest BCUT2D eigenvalue weighted by Gasteiger charge is -2.57. The summed E-state index contributed by atoms with van der Waals surface area (Å²) in [6.45, 7) is -0.279. The highest BCUT2D eigenvalue weighted by atomic mass is 35.5. The second-order valence-corrected chi connectivity index (χ2v) is 11.8. The summed E-state index contributed by atoms with van der Waals surface area (Å²) in [5, 5.41) is 12.9. The number of nitrogens with one attached hydrogen (secondary N) is 1. The molecular weight excluding hydrogens is 498 g/mol. The lowest BCUT2D eigenvalue weighted by atomic mass is 9.48. The summed E-state index contributed by atoms with van der Waals surface area (Å²) in [5.74, 6) is 2.59. The van der Waals surface area contributed by atoms with E-state index in [1.165, 1.54) is 44.1 Å². The first-order chi connectivity index (χ1) is 18.4. The van der Waals surface area contributed by atoms with Gasteiger partial charge >= 0.3 is 5.97 Å². The van der Waals surface area contributed by atoms with Crippen molar-refractivity contribution in [1.29, 1.82) is 0 Å². The lowest BCUT2D eigenvalue weighted by molar-refractivity contribution is -0.00518. The van der Waals surface area contributed by atoms with Crippen molar-refractivity contribution < 1.29 is 14.6 Å². The van der Waals surface area contributed by atoms with Crippen molar-refractivity contribution in [2.75, 3.05) is 30.5 Å². The lowest BCUT2D eigenvalue weighted by Crippen LogP contribution is -2.48. The Morgan fingerprint density at radius 3 is 2.39 bits per heavy atom. The van der Waals surface area contributed by atoms with Crippen LogP contribution in [0.1, 0.15) is 54.4 Å². The van der Waals surface area contributed by atoms with Crippen molar-refractivity contribution in [2.45, 2.75) is 43.9 Å². The summed E-state index contributed by atoms with van der Waals surface area (Å²) < 4.78 is 5.05. The van der Waals surface area contributed by atoms with E-state index in [1.54, 1.807) is 18.3 Å². The minimum absolute atomic E-state index is 0.0553. The van der Waals surface area contributed by atoms with Crippen molar-refractivity contribution in [3.8, 4) is 0 Å². The van der Waals surface area contributed by atoms with Crippen LogP contribution in [-0.2, 0) is 10.2 Å². The number of nitrogens with zero attached hydrogens (tertiary/aromatic N) is 2. The fraction of sp³-hybridized carbons (Fsp3) is 0.419. The molecule has 4 aliphatic carbocycles. The molecular formula is C31H34ClN3O3. The van der Waals surface area contributed by atoms with Crippen LogP contribution in [0.25, 0.3) is 0 Å². The maximum Gasteiger partial charge on any atom is 0.341 e. The molecule has 4 fully saturated rings. The van der Waals surface area contributed by atoms with Gasteiger partial charge in [-0.3, -0.25) is 0 Å². The topological polar surface area (TPSA) is 74.7 Å². The van der Waals surface area contributed by atoms with Gasteiger partial charge in [0.2, 0.25) is 0 Å². The van der Waals surface area contributed by atoms with Crippen LogP contribution < -0.4 is 10.2 Å². The first-order valence-electron chi connectivity index (χ1n) is 13.6. The normalized spacial score (nSPS) is 25.3. The standard InChI is InChI=1S/C31H34ClN3O3/c1-35(25-7-5-24(6-8-25)34-29-26(3-2-10-33-29)30(37)38-12-11-36)28-9-4-23(16-27(28)32)31-17-20-13-21(18-31)15-22(14-20)19-31/h2-10,16,20-22,36H,11-15,17-19H2,1H3,(H,33,34). The zero-order chi connectivity index (χ0) is 26.3. The summed E-state index contributed by atoms with van der Waals surface area (Å²) in [5.41, 5.74) is 4.86. The zero-order valence-corrected chi connectivity index (χ0v) is 22.5. The van der Waals surface area contributed by atoms with Gasteiger partial charge in [-0.1, -0.05) is 17.7 Å². The first-order valence-corrected chi connectivity index (χ1v) is 14.0. The number of halogens is 1. The van der Waals surface area contributed by atoms with Crippen molar-refractivity contribution in [3.05, 3.63) is 76.9 Å². The number of ether oxygens (including phenoxy) is 1. The molecule has 3 aromatic rings. The Kier molecular flexibility index (Phi) is 6.79. The molecule has 198 valence electrons. The number of hydrogen-bond donors (Lipinski definition) is 2. The Bertz CT molecular complexity index is 1290. The zero-order valence-electron chi connectivity index (χ0n) is 21.7. The molecule has 38 heavy (non-hydrogen) atoms. The summed E-state index contributed by atoms with van der Waals surface area (Å²) in [4.78, 5) is 18.7. The molecule has 4 saturated carbocycles. The summed E-state index contributed by atoms with van der Waals surface area (Å²) in [6.07, 6.45) is 9.92. The molecule has 0 spiro atoms. The van der Waals surface area contributed by atoms with E-state index in [4.69, 9.17) is 21.4 Å². The molecule has 0 unspecified atom stereocenters. The van der Waals surface area contributed by atoms with E-state index in [-0.39, 0.29) is 13.2 Å². The van der Waals surface area contributed by atoms with Crippen LogP contribution >= 0.6 is 11.6 Å². The van der Waals surface area contributed by atoms with Crippen LogP contribution in [0.2, 0.25) is 5.02 Å². The van der Waals surface area contributed by atoms with Crippen LogP contribution in [0.4, 0.5) is 22.9 Å². The van der Waals surface area contributed by atoms with E-state index in [9.17, 15) is 4.79 Å². The molecule has 0 aliphatic heterocycles.